The van der Waals surface area contributed by atoms with Gasteiger partial charge in [0, 0.05) is 0 Å². The van der Waals surface area contributed by atoms with Crippen LogP contribution >= 0.6 is 0 Å². The maximum absolute atomic E-state index is 10.3. The molecule has 4 atom stereocenters. The molecule has 1 aliphatic heterocycles. The molecule has 0 aromatic carbocycles. The summed E-state index contributed by atoms with van der Waals surface area (Å²) in [5.74, 6) is 0.267. The summed E-state index contributed by atoms with van der Waals surface area (Å²) in [6, 6.07) is 0. The fourth-order valence-corrected chi connectivity index (χ4v) is 4.73. The van der Waals surface area contributed by atoms with Crippen LogP contribution in [0, 0.1) is 0 Å². The number of hydrogen-bond donors (Lipinski definition) is 4. The Labute approximate surface area is 139 Å². The van der Waals surface area contributed by atoms with Crippen molar-refractivity contribution in [3.05, 3.63) is 12.7 Å². The molecule has 10 heteroatoms. The molecule has 0 radical (unpaired) electrons. The number of aromatic nitrogens is 4. The fraction of sp³-hybridized carbons (Fsp3) is 0.615. The summed E-state index contributed by atoms with van der Waals surface area (Å²) in [7, 11) is 0. The van der Waals surface area contributed by atoms with Gasteiger partial charge in [-0.1, -0.05) is 0 Å². The van der Waals surface area contributed by atoms with Crippen molar-refractivity contribution in [3.63, 3.8) is 0 Å². The minimum absolute atomic E-state index is 0.267. The average Bonchev–Trinajstić information content (AvgIpc) is 3.09. The first-order chi connectivity index (χ1) is 11.1. The topological polar surface area (TPSA) is 145 Å². The molecule has 0 amide bonds. The zero-order chi connectivity index (χ0) is 16.4. The molecule has 126 valence electrons. The molecular weight excluding hydrogens is 367 g/mol. The summed E-state index contributed by atoms with van der Waals surface area (Å²) in [4.78, 5) is 12.2. The molecule has 23 heavy (non-hydrogen) atoms. The third-order valence-electron chi connectivity index (χ3n) is 3.77. The van der Waals surface area contributed by atoms with Crippen molar-refractivity contribution in [1.82, 2.24) is 19.5 Å². The number of aliphatic hydroxyl groups is 2. The van der Waals surface area contributed by atoms with Crippen molar-refractivity contribution < 1.29 is 14.9 Å². The summed E-state index contributed by atoms with van der Waals surface area (Å²) in [6.45, 7) is 0.670. The number of fused-ring (bicyclic) bond motifs is 1. The summed E-state index contributed by atoms with van der Waals surface area (Å²) in [5.41, 5.74) is 12.2. The maximum atomic E-state index is 10.3. The number of anilines is 1. The molecule has 2 aromatic heterocycles. The van der Waals surface area contributed by atoms with Crippen molar-refractivity contribution in [1.29, 1.82) is 0 Å². The van der Waals surface area contributed by atoms with Crippen LogP contribution in [0.1, 0.15) is 12.6 Å². The van der Waals surface area contributed by atoms with Gasteiger partial charge in [0.05, 0.1) is 0 Å². The van der Waals surface area contributed by atoms with E-state index in [1.165, 1.54) is 12.7 Å². The van der Waals surface area contributed by atoms with Gasteiger partial charge in [0.15, 0.2) is 0 Å². The quantitative estimate of drug-likeness (QED) is 0.362. The fourth-order valence-electron chi connectivity index (χ4n) is 2.54. The molecular formula is C13H20N6O3Se. The number of ether oxygens (including phenoxy) is 1. The van der Waals surface area contributed by atoms with Gasteiger partial charge < -0.3 is 0 Å². The number of rotatable bonds is 6. The molecule has 0 saturated carbocycles. The van der Waals surface area contributed by atoms with Crippen LogP contribution in [0.2, 0.25) is 10.6 Å². The molecule has 0 spiro atoms. The molecule has 1 saturated heterocycles. The minimum atomic E-state index is -1.04. The van der Waals surface area contributed by atoms with Crippen LogP contribution in [0.3, 0.4) is 0 Å². The van der Waals surface area contributed by atoms with E-state index in [1.54, 1.807) is 4.57 Å². The standard InChI is InChI=1S/C13H20N6O3Se/c14-2-1-3-23-4-7-9(20)10(21)13(22-7)19-6-18-8-11(15)16-5-17-12(8)19/h5-7,9-10,13,20-21H,1-4,14H2,(H2,15,16,17)/t7-,9-,10-,13-/m1/s1. The van der Waals surface area contributed by atoms with E-state index in [9.17, 15) is 10.2 Å². The number of nitrogen functional groups attached to an aromatic ring is 1. The predicted molar refractivity (Wildman–Crippen MR) is 84.7 cm³/mol. The van der Waals surface area contributed by atoms with E-state index in [0.717, 1.165) is 17.1 Å². The molecule has 0 bridgehead atoms. The van der Waals surface area contributed by atoms with Crippen molar-refractivity contribution in [2.45, 2.75) is 41.6 Å². The van der Waals surface area contributed by atoms with E-state index in [4.69, 9.17) is 16.2 Å². The molecule has 6 N–H and O–H groups in total. The van der Waals surface area contributed by atoms with E-state index < -0.39 is 24.5 Å². The van der Waals surface area contributed by atoms with Gasteiger partial charge in [-0.25, -0.2) is 0 Å². The number of imidazole rings is 1. The summed E-state index contributed by atoms with van der Waals surface area (Å²) < 4.78 is 7.46. The Morgan fingerprint density at radius 2 is 2.09 bits per heavy atom. The van der Waals surface area contributed by atoms with Crippen molar-refractivity contribution in [3.8, 4) is 0 Å². The monoisotopic (exact) mass is 388 g/mol. The van der Waals surface area contributed by atoms with Crippen LogP contribution in [0.15, 0.2) is 12.7 Å². The zero-order valence-electron chi connectivity index (χ0n) is 12.4. The van der Waals surface area contributed by atoms with Crippen LogP contribution in [0.5, 0.6) is 0 Å². The van der Waals surface area contributed by atoms with Gasteiger partial charge in [-0.2, -0.15) is 0 Å². The Morgan fingerprint density at radius 3 is 2.87 bits per heavy atom. The second-order valence-corrected chi connectivity index (χ2v) is 7.76. The first-order valence-electron chi connectivity index (χ1n) is 7.36. The number of nitrogens with zero attached hydrogens (tertiary/aromatic N) is 4. The Morgan fingerprint density at radius 1 is 1.26 bits per heavy atom. The van der Waals surface area contributed by atoms with Crippen LogP contribution in [-0.4, -0.2) is 69.5 Å². The van der Waals surface area contributed by atoms with Gasteiger partial charge in [-0.05, 0) is 0 Å². The normalized spacial score (nSPS) is 27.8. The summed E-state index contributed by atoms with van der Waals surface area (Å²) in [5, 5.41) is 22.3. The first-order valence-corrected chi connectivity index (χ1v) is 9.78. The van der Waals surface area contributed by atoms with Crippen molar-refractivity contribution >= 4 is 31.9 Å². The van der Waals surface area contributed by atoms with Crippen LogP contribution < -0.4 is 11.5 Å². The molecule has 9 nitrogen and oxygen atoms in total. The Kier molecular flexibility index (Phi) is 5.10. The summed E-state index contributed by atoms with van der Waals surface area (Å²) in [6.07, 6.45) is 0.690. The third kappa shape index (κ3) is 3.18. The SMILES string of the molecule is NCCC[Se]C[C@H]1O[C@@H](n2cnc3c(N)ncnc32)[C@H](O)[C@@H]1O. The first kappa shape index (κ1) is 16.6. The number of nitrogens with two attached hydrogens (primary N) is 2. The van der Waals surface area contributed by atoms with Gasteiger partial charge in [0.25, 0.3) is 0 Å². The molecule has 1 fully saturated rings. The molecule has 3 heterocycles. The van der Waals surface area contributed by atoms with Crippen LogP contribution in [-0.2, 0) is 4.74 Å². The summed E-state index contributed by atoms with van der Waals surface area (Å²) >= 11 is 0.323. The Balaban J connectivity index is 1.76. The Hall–Kier alpha value is -1.29. The van der Waals surface area contributed by atoms with Gasteiger partial charge in [-0.3, -0.25) is 0 Å². The van der Waals surface area contributed by atoms with Crippen molar-refractivity contribution in [2.75, 3.05) is 12.3 Å². The van der Waals surface area contributed by atoms with E-state index in [1.807, 2.05) is 0 Å². The molecule has 3 rings (SSSR count). The predicted octanol–water partition coefficient (Wildman–Crippen LogP) is -1.08. The number of aliphatic hydroxyl groups excluding tert-OH is 2. The van der Waals surface area contributed by atoms with E-state index >= 15 is 0 Å². The van der Waals surface area contributed by atoms with Crippen molar-refractivity contribution in [2.24, 2.45) is 5.73 Å². The second-order valence-electron chi connectivity index (χ2n) is 5.35. The average molecular weight is 387 g/mol. The van der Waals surface area contributed by atoms with Crippen LogP contribution in [0.25, 0.3) is 11.2 Å². The van der Waals surface area contributed by atoms with Gasteiger partial charge >= 0.3 is 139 Å². The zero-order valence-corrected chi connectivity index (χ0v) is 14.2. The molecule has 0 unspecified atom stereocenters. The van der Waals surface area contributed by atoms with E-state index in [0.29, 0.717) is 32.7 Å². The van der Waals surface area contributed by atoms with Gasteiger partial charge in [0.2, 0.25) is 0 Å². The van der Waals surface area contributed by atoms with E-state index in [2.05, 4.69) is 15.0 Å². The third-order valence-corrected chi connectivity index (χ3v) is 6.17. The number of hydrogen-bond acceptors (Lipinski definition) is 8. The molecule has 2 aromatic rings. The van der Waals surface area contributed by atoms with Crippen LogP contribution in [0.4, 0.5) is 5.82 Å². The Bertz CT molecular complexity index is 668. The molecule has 1 aliphatic rings. The van der Waals surface area contributed by atoms with Gasteiger partial charge in [0.1, 0.15) is 0 Å². The van der Waals surface area contributed by atoms with Gasteiger partial charge in [-0.15, -0.1) is 0 Å². The molecule has 0 aliphatic carbocycles. The van der Waals surface area contributed by atoms with E-state index in [-0.39, 0.29) is 5.82 Å². The second kappa shape index (κ2) is 7.08.